The number of hydrogen-bond acceptors (Lipinski definition) is 3. The van der Waals surface area contributed by atoms with Crippen molar-refractivity contribution in [1.82, 2.24) is 0 Å². The molecule has 1 aromatic carbocycles. The fourth-order valence-electron chi connectivity index (χ4n) is 1.60. The summed E-state index contributed by atoms with van der Waals surface area (Å²) in [6.07, 6.45) is 0. The molecule has 2 atom stereocenters. The quantitative estimate of drug-likeness (QED) is 0.887. The topological polar surface area (TPSA) is 72.2 Å². The Kier molecular flexibility index (Phi) is 5.26. The second kappa shape index (κ2) is 6.30. The van der Waals surface area contributed by atoms with E-state index in [1.165, 1.54) is 0 Å². The minimum atomic E-state index is -1.22. The highest BCUT2D eigenvalue weighted by Crippen LogP contribution is 2.17. The summed E-state index contributed by atoms with van der Waals surface area (Å²) in [7, 11) is -1.22. The van der Waals surface area contributed by atoms with E-state index in [2.05, 4.69) is 5.32 Å². The summed E-state index contributed by atoms with van der Waals surface area (Å²) in [4.78, 5) is 12.0. The van der Waals surface area contributed by atoms with Crippen LogP contribution in [0.5, 0.6) is 0 Å². The Morgan fingerprint density at radius 1 is 1.32 bits per heavy atom. The molecule has 0 saturated carbocycles. The van der Waals surface area contributed by atoms with E-state index in [1.54, 1.807) is 19.1 Å². The molecule has 0 heterocycles. The van der Waals surface area contributed by atoms with Crippen molar-refractivity contribution in [2.24, 2.45) is 5.73 Å². The molecule has 19 heavy (non-hydrogen) atoms. The second-order valence-electron chi connectivity index (χ2n) is 5.44. The van der Waals surface area contributed by atoms with Gasteiger partial charge in [0.25, 0.3) is 0 Å². The summed E-state index contributed by atoms with van der Waals surface area (Å²) >= 11 is 0. The number of amides is 1. The zero-order chi connectivity index (χ0) is 14.6. The first-order chi connectivity index (χ1) is 8.75. The van der Waals surface area contributed by atoms with E-state index in [0.717, 1.165) is 5.56 Å². The van der Waals surface area contributed by atoms with Gasteiger partial charge >= 0.3 is 0 Å². The number of nitrogens with two attached hydrogens (primary N) is 1. The number of nitrogens with one attached hydrogen (secondary N) is 1. The lowest BCUT2D eigenvalue weighted by Crippen LogP contribution is -2.37. The number of anilines is 1. The average Bonchev–Trinajstić information content (AvgIpc) is 2.36. The monoisotopic (exact) mass is 282 g/mol. The van der Waals surface area contributed by atoms with Crippen LogP contribution in [0.2, 0.25) is 0 Å². The lowest BCUT2D eigenvalue weighted by molar-refractivity contribution is -0.115. The van der Waals surface area contributed by atoms with Crippen LogP contribution in [0.15, 0.2) is 24.3 Å². The number of carbonyl (C=O) groups is 1. The summed E-state index contributed by atoms with van der Waals surface area (Å²) in [6.45, 7) is 7.75. The molecule has 106 valence electrons. The summed E-state index contributed by atoms with van der Waals surface area (Å²) < 4.78 is 11.7. The van der Waals surface area contributed by atoms with Gasteiger partial charge in [-0.1, -0.05) is 12.1 Å². The first kappa shape index (κ1) is 15.9. The van der Waals surface area contributed by atoms with Gasteiger partial charge in [-0.05, 0) is 45.4 Å². The highest BCUT2D eigenvalue weighted by atomic mass is 32.2. The van der Waals surface area contributed by atoms with Crippen molar-refractivity contribution in [2.75, 3.05) is 5.32 Å². The highest BCUT2D eigenvalue weighted by Gasteiger charge is 2.29. The Hall–Kier alpha value is -1.20. The SMILES string of the molecule is CC(C(=O)Nc1ccc(CN)cc1)S(=O)C(C)(C)C. The van der Waals surface area contributed by atoms with Gasteiger partial charge in [0.2, 0.25) is 5.91 Å². The van der Waals surface area contributed by atoms with Gasteiger partial charge in [-0.15, -0.1) is 0 Å². The molecule has 0 spiro atoms. The van der Waals surface area contributed by atoms with Gasteiger partial charge in [0, 0.05) is 27.8 Å². The number of benzene rings is 1. The van der Waals surface area contributed by atoms with Crippen molar-refractivity contribution in [1.29, 1.82) is 0 Å². The molecule has 1 rings (SSSR count). The van der Waals surface area contributed by atoms with Gasteiger partial charge in [-0.3, -0.25) is 9.00 Å². The maximum atomic E-state index is 12.1. The Balaban J connectivity index is 2.71. The smallest absolute Gasteiger partial charge is 0.239 e. The third-order valence-corrected chi connectivity index (χ3v) is 4.81. The molecule has 5 heteroatoms. The first-order valence-electron chi connectivity index (χ1n) is 6.26. The van der Waals surface area contributed by atoms with Crippen LogP contribution in [0.1, 0.15) is 33.3 Å². The van der Waals surface area contributed by atoms with Gasteiger partial charge in [0.1, 0.15) is 5.25 Å². The summed E-state index contributed by atoms with van der Waals surface area (Å²) in [5.41, 5.74) is 7.21. The van der Waals surface area contributed by atoms with Crippen molar-refractivity contribution >= 4 is 22.4 Å². The Bertz CT molecular complexity index is 463. The lowest BCUT2D eigenvalue weighted by atomic mass is 10.2. The lowest BCUT2D eigenvalue weighted by Gasteiger charge is -2.22. The van der Waals surface area contributed by atoms with Crippen LogP contribution in [0, 0.1) is 0 Å². The van der Waals surface area contributed by atoms with Crippen LogP contribution in [0.25, 0.3) is 0 Å². The minimum absolute atomic E-state index is 0.228. The van der Waals surface area contributed by atoms with E-state index >= 15 is 0 Å². The standard InChI is InChI=1S/C14H22N2O2S/c1-10(19(18)14(2,3)4)13(17)16-12-7-5-11(9-15)6-8-12/h5-8,10H,9,15H2,1-4H3,(H,16,17). The maximum Gasteiger partial charge on any atom is 0.239 e. The van der Waals surface area contributed by atoms with E-state index in [-0.39, 0.29) is 5.91 Å². The zero-order valence-electron chi connectivity index (χ0n) is 11.9. The molecule has 0 aliphatic carbocycles. The predicted molar refractivity (Wildman–Crippen MR) is 80.3 cm³/mol. The maximum absolute atomic E-state index is 12.1. The molecule has 0 aliphatic rings. The molecule has 0 aliphatic heterocycles. The third-order valence-electron chi connectivity index (χ3n) is 2.75. The van der Waals surface area contributed by atoms with E-state index in [4.69, 9.17) is 5.73 Å². The Morgan fingerprint density at radius 3 is 2.26 bits per heavy atom. The predicted octanol–water partition coefficient (Wildman–Crippen LogP) is 2.02. The molecule has 0 saturated heterocycles. The molecule has 0 radical (unpaired) electrons. The molecule has 2 unspecified atom stereocenters. The van der Waals surface area contributed by atoms with Gasteiger partial charge in [0.05, 0.1) is 0 Å². The van der Waals surface area contributed by atoms with Crippen LogP contribution < -0.4 is 11.1 Å². The molecular weight excluding hydrogens is 260 g/mol. The molecule has 0 bridgehead atoms. The second-order valence-corrected chi connectivity index (χ2v) is 7.97. The molecule has 3 N–H and O–H groups in total. The summed E-state index contributed by atoms with van der Waals surface area (Å²) in [5.74, 6) is -0.228. The van der Waals surface area contributed by atoms with E-state index < -0.39 is 20.8 Å². The van der Waals surface area contributed by atoms with E-state index in [0.29, 0.717) is 12.2 Å². The van der Waals surface area contributed by atoms with Crippen molar-refractivity contribution in [3.8, 4) is 0 Å². The molecule has 1 aromatic rings. The number of carbonyl (C=O) groups excluding carboxylic acids is 1. The van der Waals surface area contributed by atoms with Gasteiger partial charge < -0.3 is 11.1 Å². The highest BCUT2D eigenvalue weighted by molar-refractivity contribution is 7.87. The molecule has 0 aromatic heterocycles. The summed E-state index contributed by atoms with van der Waals surface area (Å²) in [5, 5.41) is 2.23. The fourth-order valence-corrected chi connectivity index (χ4v) is 2.91. The molecule has 0 fully saturated rings. The number of rotatable bonds is 4. The number of hydrogen-bond donors (Lipinski definition) is 2. The van der Waals surface area contributed by atoms with Crippen LogP contribution in [-0.4, -0.2) is 20.1 Å². The van der Waals surface area contributed by atoms with Crippen molar-refractivity contribution in [2.45, 2.75) is 44.2 Å². The van der Waals surface area contributed by atoms with Crippen molar-refractivity contribution in [3.63, 3.8) is 0 Å². The van der Waals surface area contributed by atoms with Gasteiger partial charge in [-0.2, -0.15) is 0 Å². The minimum Gasteiger partial charge on any atom is -0.326 e. The largest absolute Gasteiger partial charge is 0.326 e. The Labute approximate surface area is 117 Å². The molecule has 1 amide bonds. The average molecular weight is 282 g/mol. The molecular formula is C14H22N2O2S. The van der Waals surface area contributed by atoms with Crippen LogP contribution in [-0.2, 0) is 22.1 Å². The van der Waals surface area contributed by atoms with Gasteiger partial charge in [0.15, 0.2) is 0 Å². The Morgan fingerprint density at radius 2 is 1.84 bits per heavy atom. The summed E-state index contributed by atoms with van der Waals surface area (Å²) in [6, 6.07) is 7.32. The van der Waals surface area contributed by atoms with Crippen LogP contribution >= 0.6 is 0 Å². The van der Waals surface area contributed by atoms with Crippen molar-refractivity contribution in [3.05, 3.63) is 29.8 Å². The van der Waals surface area contributed by atoms with E-state index in [9.17, 15) is 9.00 Å². The fraction of sp³-hybridized carbons (Fsp3) is 0.500. The normalized spacial score (nSPS) is 14.8. The van der Waals surface area contributed by atoms with Gasteiger partial charge in [-0.25, -0.2) is 0 Å². The third kappa shape index (κ3) is 4.44. The van der Waals surface area contributed by atoms with Crippen molar-refractivity contribution < 1.29 is 9.00 Å². The zero-order valence-corrected chi connectivity index (χ0v) is 12.7. The van der Waals surface area contributed by atoms with Crippen LogP contribution in [0.3, 0.4) is 0 Å². The van der Waals surface area contributed by atoms with E-state index in [1.807, 2.05) is 32.9 Å². The first-order valence-corrected chi connectivity index (χ1v) is 7.47. The molecule has 4 nitrogen and oxygen atoms in total. The van der Waals surface area contributed by atoms with Crippen LogP contribution in [0.4, 0.5) is 5.69 Å².